The second kappa shape index (κ2) is 9.28. The van der Waals surface area contributed by atoms with Gasteiger partial charge in [0, 0.05) is 42.1 Å². The van der Waals surface area contributed by atoms with Gasteiger partial charge in [0.1, 0.15) is 11.4 Å². The maximum absolute atomic E-state index is 10.9. The molecule has 6 rings (SSSR count). The molecule has 9 nitrogen and oxygen atoms in total. The van der Waals surface area contributed by atoms with Gasteiger partial charge in [-0.3, -0.25) is 4.79 Å². The summed E-state index contributed by atoms with van der Waals surface area (Å²) in [5.41, 5.74) is 3.86. The van der Waals surface area contributed by atoms with Gasteiger partial charge in [0.25, 0.3) is 0 Å². The summed E-state index contributed by atoms with van der Waals surface area (Å²) < 4.78 is 6.63. The fourth-order valence-electron chi connectivity index (χ4n) is 4.80. The van der Waals surface area contributed by atoms with E-state index in [2.05, 4.69) is 49.6 Å². The fourth-order valence-corrected chi connectivity index (χ4v) is 6.03. The van der Waals surface area contributed by atoms with Crippen LogP contribution in [0.15, 0.2) is 54.7 Å². The van der Waals surface area contributed by atoms with E-state index in [9.17, 15) is 4.79 Å². The van der Waals surface area contributed by atoms with Crippen LogP contribution >= 0.6 is 22.9 Å². The summed E-state index contributed by atoms with van der Waals surface area (Å²) >= 11 is 8.16. The lowest BCUT2D eigenvalue weighted by atomic mass is 9.83. The summed E-state index contributed by atoms with van der Waals surface area (Å²) in [4.78, 5) is 19.5. The number of carbonyl (C=O) groups is 1. The fraction of sp³-hybridized carbons (Fsp3) is 0.269. The number of piperidine rings is 1. The second-order valence-corrected chi connectivity index (χ2v) is 10.7. The number of halogens is 1. The van der Waals surface area contributed by atoms with Gasteiger partial charge in [-0.2, -0.15) is 4.80 Å². The summed E-state index contributed by atoms with van der Waals surface area (Å²) in [7, 11) is 0. The lowest BCUT2D eigenvalue weighted by Crippen LogP contribution is -2.48. The minimum Gasteiger partial charge on any atom is -0.482 e. The first-order valence-corrected chi connectivity index (χ1v) is 13.1. The van der Waals surface area contributed by atoms with Crippen molar-refractivity contribution >= 4 is 39.6 Å². The van der Waals surface area contributed by atoms with Crippen molar-refractivity contribution in [2.75, 3.05) is 18.0 Å². The SMILES string of the molecule is Cc1ccc(C2=CC3(CCN(c4ncc(-c5nnn(CC(=O)O)n5)s4)CC3)Oc3ccccc32)c(Cl)c1. The third kappa shape index (κ3) is 4.58. The number of para-hydroxylation sites is 1. The summed E-state index contributed by atoms with van der Waals surface area (Å²) in [6.45, 7) is 3.23. The summed E-state index contributed by atoms with van der Waals surface area (Å²) in [5.74, 6) is 0.219. The molecular weight excluding hydrogens is 512 g/mol. The van der Waals surface area contributed by atoms with Crippen molar-refractivity contribution in [2.45, 2.75) is 31.9 Å². The van der Waals surface area contributed by atoms with Crippen molar-refractivity contribution in [1.82, 2.24) is 25.2 Å². The van der Waals surface area contributed by atoms with Gasteiger partial charge < -0.3 is 14.7 Å². The Kier molecular flexibility index (Phi) is 5.92. The van der Waals surface area contributed by atoms with Crippen LogP contribution in [0.4, 0.5) is 5.13 Å². The Bertz CT molecular complexity index is 1520. The molecule has 0 bridgehead atoms. The highest BCUT2D eigenvalue weighted by Crippen LogP contribution is 2.45. The molecule has 0 amide bonds. The van der Waals surface area contributed by atoms with Crippen LogP contribution < -0.4 is 9.64 Å². The summed E-state index contributed by atoms with van der Waals surface area (Å²) in [5, 5.41) is 22.4. The van der Waals surface area contributed by atoms with E-state index in [1.165, 1.54) is 11.3 Å². The first kappa shape index (κ1) is 23.6. The molecule has 4 aromatic rings. The molecule has 0 atom stereocenters. The summed E-state index contributed by atoms with van der Waals surface area (Å²) in [6, 6.07) is 14.3. The quantitative estimate of drug-likeness (QED) is 0.392. The van der Waals surface area contributed by atoms with E-state index in [4.69, 9.17) is 21.4 Å². The minimum atomic E-state index is -1.02. The zero-order valence-electron chi connectivity index (χ0n) is 20.0. The van der Waals surface area contributed by atoms with Crippen molar-refractivity contribution in [3.63, 3.8) is 0 Å². The molecule has 2 aromatic heterocycles. The number of rotatable bonds is 5. The molecule has 1 fully saturated rings. The Hall–Kier alpha value is -3.76. The van der Waals surface area contributed by atoms with Crippen molar-refractivity contribution in [3.05, 3.63) is 76.5 Å². The van der Waals surface area contributed by atoms with Crippen molar-refractivity contribution in [2.24, 2.45) is 0 Å². The summed E-state index contributed by atoms with van der Waals surface area (Å²) in [6.07, 6.45) is 5.53. The highest BCUT2D eigenvalue weighted by molar-refractivity contribution is 7.18. The number of tetrazole rings is 1. The molecule has 4 heterocycles. The minimum absolute atomic E-state index is 0.334. The van der Waals surface area contributed by atoms with Crippen molar-refractivity contribution in [3.8, 4) is 16.5 Å². The lowest BCUT2D eigenvalue weighted by Gasteiger charge is -2.43. The first-order valence-electron chi connectivity index (χ1n) is 11.9. The molecule has 11 heteroatoms. The molecular formula is C26H23ClN6O3S. The largest absolute Gasteiger partial charge is 0.482 e. The number of carboxylic acid groups (broad SMARTS) is 1. The predicted octanol–water partition coefficient (Wildman–Crippen LogP) is 4.71. The smallest absolute Gasteiger partial charge is 0.327 e. The van der Waals surface area contributed by atoms with E-state index in [1.807, 2.05) is 31.2 Å². The second-order valence-electron chi connectivity index (χ2n) is 9.24. The first-order chi connectivity index (χ1) is 17.9. The number of nitrogens with zero attached hydrogens (tertiary/aromatic N) is 6. The number of aromatic nitrogens is 5. The number of anilines is 1. The average molecular weight is 535 g/mol. The van der Waals surface area contributed by atoms with Crippen molar-refractivity contribution < 1.29 is 14.6 Å². The van der Waals surface area contributed by atoms with E-state index in [0.717, 1.165) is 73.8 Å². The van der Waals surface area contributed by atoms with E-state index < -0.39 is 11.6 Å². The molecule has 37 heavy (non-hydrogen) atoms. The van der Waals surface area contributed by atoms with Crippen molar-refractivity contribution in [1.29, 1.82) is 0 Å². The van der Waals surface area contributed by atoms with Gasteiger partial charge in [-0.15, -0.1) is 10.2 Å². The van der Waals surface area contributed by atoms with Crippen LogP contribution in [0.3, 0.4) is 0 Å². The Labute approximate surface area is 222 Å². The average Bonchev–Trinajstić information content (AvgIpc) is 3.54. The Morgan fingerprint density at radius 3 is 2.78 bits per heavy atom. The molecule has 188 valence electrons. The lowest BCUT2D eigenvalue weighted by molar-refractivity contribution is -0.138. The number of aryl methyl sites for hydroxylation is 1. The predicted molar refractivity (Wildman–Crippen MR) is 141 cm³/mol. The molecule has 1 saturated heterocycles. The zero-order chi connectivity index (χ0) is 25.6. The number of hydrogen-bond acceptors (Lipinski definition) is 8. The van der Waals surface area contributed by atoms with Gasteiger partial charge in [0.05, 0.1) is 11.1 Å². The van der Waals surface area contributed by atoms with Gasteiger partial charge in [0.15, 0.2) is 11.7 Å². The van der Waals surface area contributed by atoms with Crippen LogP contribution in [0.5, 0.6) is 5.75 Å². The standard InChI is InChI=1S/C26H23ClN6O3S/c1-16-6-7-17(20(27)12-16)19-13-26(36-21-5-3-2-4-18(19)21)8-10-32(11-9-26)25-28-14-22(37-25)24-29-31-33(30-24)15-23(34)35/h2-7,12-14H,8-11,15H2,1H3,(H,34,35). The molecule has 0 radical (unpaired) electrons. The van der Waals surface area contributed by atoms with Crippen LogP contribution in [-0.2, 0) is 11.3 Å². The number of carboxylic acids is 1. The third-order valence-corrected chi connectivity index (χ3v) is 8.00. The number of ether oxygens (including phenoxy) is 1. The zero-order valence-corrected chi connectivity index (χ0v) is 21.5. The molecule has 0 saturated carbocycles. The molecule has 1 spiro atoms. The maximum atomic E-state index is 10.9. The number of fused-ring (bicyclic) bond motifs is 1. The topological polar surface area (TPSA) is 106 Å². The van der Waals surface area contributed by atoms with Gasteiger partial charge >= 0.3 is 5.97 Å². The van der Waals surface area contributed by atoms with Crippen LogP contribution in [-0.4, -0.2) is 55.0 Å². The Morgan fingerprint density at radius 2 is 2.00 bits per heavy atom. The molecule has 1 N–H and O–H groups in total. The third-order valence-electron chi connectivity index (χ3n) is 6.64. The Morgan fingerprint density at radius 1 is 1.19 bits per heavy atom. The van der Waals surface area contributed by atoms with Crippen LogP contribution in [0.2, 0.25) is 5.02 Å². The van der Waals surface area contributed by atoms with Crippen LogP contribution in [0, 0.1) is 6.92 Å². The number of aliphatic carboxylic acids is 1. The molecule has 0 unspecified atom stereocenters. The number of hydrogen-bond donors (Lipinski definition) is 1. The van der Waals surface area contributed by atoms with E-state index >= 15 is 0 Å². The van der Waals surface area contributed by atoms with Gasteiger partial charge in [-0.1, -0.05) is 53.3 Å². The highest BCUT2D eigenvalue weighted by atomic mass is 35.5. The van der Waals surface area contributed by atoms with E-state index in [1.54, 1.807) is 6.20 Å². The maximum Gasteiger partial charge on any atom is 0.327 e. The number of benzene rings is 2. The normalized spacial score (nSPS) is 16.3. The molecule has 2 aliphatic rings. The van der Waals surface area contributed by atoms with Crippen LogP contribution in [0.25, 0.3) is 16.3 Å². The van der Waals surface area contributed by atoms with Gasteiger partial charge in [-0.05, 0) is 41.5 Å². The van der Waals surface area contributed by atoms with Gasteiger partial charge in [-0.25, -0.2) is 4.98 Å². The molecule has 2 aromatic carbocycles. The monoisotopic (exact) mass is 534 g/mol. The Balaban J connectivity index is 1.24. The highest BCUT2D eigenvalue weighted by Gasteiger charge is 2.40. The number of thiazole rings is 1. The van der Waals surface area contributed by atoms with Gasteiger partial charge in [0.2, 0.25) is 5.82 Å². The van der Waals surface area contributed by atoms with E-state index in [-0.39, 0.29) is 6.54 Å². The van der Waals surface area contributed by atoms with E-state index in [0.29, 0.717) is 5.82 Å². The molecule has 0 aliphatic carbocycles. The molecule has 2 aliphatic heterocycles. The van der Waals surface area contributed by atoms with Crippen LogP contribution in [0.1, 0.15) is 29.5 Å².